The van der Waals surface area contributed by atoms with E-state index in [1.807, 2.05) is 38.1 Å². The van der Waals surface area contributed by atoms with Gasteiger partial charge in [-0.05, 0) is 108 Å². The third-order valence-corrected chi connectivity index (χ3v) is 24.4. The first-order valence-corrected chi connectivity index (χ1v) is 44.9. The fraction of sp³-hybridized carbons (Fsp3) is 0.489. The summed E-state index contributed by atoms with van der Waals surface area (Å²) in [5, 5.41) is 83.9. The number of aromatic nitrogens is 7. The highest BCUT2D eigenvalue weighted by atomic mass is 32.2. The number of carboxylic acid groups (broad SMARTS) is 1. The Morgan fingerprint density at radius 3 is 1.92 bits per heavy atom. The van der Waals surface area contributed by atoms with Crippen molar-refractivity contribution in [3.8, 4) is 5.75 Å². The number of primary amides is 2. The van der Waals surface area contributed by atoms with Gasteiger partial charge in [-0.3, -0.25) is 81.5 Å². The van der Waals surface area contributed by atoms with Crippen LogP contribution in [0.25, 0.3) is 21.7 Å². The molecule has 132 heavy (non-hydrogen) atoms. The van der Waals surface area contributed by atoms with Gasteiger partial charge in [0.25, 0.3) is 0 Å². The third kappa shape index (κ3) is 27.2. The van der Waals surface area contributed by atoms with Gasteiger partial charge in [0, 0.05) is 99.3 Å². The molecule has 0 spiro atoms. The molecule has 44 heteroatoms. The van der Waals surface area contributed by atoms with E-state index >= 15 is 28.8 Å². The number of aliphatic hydroxyl groups is 2. The molecule has 0 unspecified atom stereocenters. The van der Waals surface area contributed by atoms with Gasteiger partial charge in [0.2, 0.25) is 88.6 Å². The number of H-pyrrole nitrogens is 2. The molecule has 20 N–H and O–H groups in total. The Morgan fingerprint density at radius 2 is 1.23 bits per heavy atom. The molecular weight excluding hydrogens is 1730 g/mol. The average Bonchev–Trinajstić information content (AvgIpc) is 1.66. The first-order valence-electron chi connectivity index (χ1n) is 43.7. The Morgan fingerprint density at radius 1 is 0.598 bits per heavy atom. The van der Waals surface area contributed by atoms with E-state index in [2.05, 4.69) is 83.6 Å². The number of aliphatic hydroxyl groups excluding tert-OH is 2. The molecule has 43 nitrogen and oxygen atoms in total. The minimum Gasteiger partial charge on any atom is -0.508 e. The summed E-state index contributed by atoms with van der Waals surface area (Å²) in [5.41, 5.74) is 13.5. The lowest BCUT2D eigenvalue weighted by Gasteiger charge is -2.32. The van der Waals surface area contributed by atoms with Crippen molar-refractivity contribution in [2.75, 3.05) is 44.8 Å². The van der Waals surface area contributed by atoms with Crippen LogP contribution in [-0.4, -0.2) is 288 Å². The summed E-state index contributed by atoms with van der Waals surface area (Å²) in [6.07, 6.45) is 0.471. The summed E-state index contributed by atoms with van der Waals surface area (Å²) in [5.74, 6) is -19.5. The van der Waals surface area contributed by atoms with Crippen LogP contribution in [0.5, 0.6) is 5.75 Å². The molecule has 15 atom stereocenters. The van der Waals surface area contributed by atoms with E-state index < -0.39 is 254 Å². The fourth-order valence-electron chi connectivity index (χ4n) is 16.3. The number of aromatic hydroxyl groups is 1. The van der Waals surface area contributed by atoms with E-state index in [-0.39, 0.29) is 75.2 Å². The zero-order valence-electron chi connectivity index (χ0n) is 73.7. The summed E-state index contributed by atoms with van der Waals surface area (Å²) in [6.45, 7) is 3.73. The number of nitrogens with one attached hydrogen (secondary N) is 12. The Hall–Kier alpha value is -13.8. The Balaban J connectivity index is 1.01. The van der Waals surface area contributed by atoms with Gasteiger partial charge in [-0.1, -0.05) is 112 Å². The predicted octanol–water partition coefficient (Wildman–Crippen LogP) is -1.86. The van der Waals surface area contributed by atoms with E-state index in [1.165, 1.54) is 67.3 Å². The van der Waals surface area contributed by atoms with Gasteiger partial charge in [0.15, 0.2) is 11.6 Å². The number of hydrogen-bond acceptors (Lipinski definition) is 25. The van der Waals surface area contributed by atoms with Gasteiger partial charge >= 0.3 is 5.97 Å². The van der Waals surface area contributed by atoms with Crippen LogP contribution in [0.3, 0.4) is 0 Å². The van der Waals surface area contributed by atoms with Crippen LogP contribution in [0.2, 0.25) is 0 Å². The first kappa shape index (κ1) is 100. The minimum atomic E-state index is -1.93. The monoisotopic (exact) mass is 1850 g/mol. The number of thioether (sulfide) groups is 1. The molecule has 3 aromatic heterocycles. The van der Waals surface area contributed by atoms with Gasteiger partial charge in [-0.25, -0.2) is 9.67 Å². The van der Waals surface area contributed by atoms with Gasteiger partial charge in [-0.2, -0.15) is 0 Å². The van der Waals surface area contributed by atoms with Gasteiger partial charge in [0.05, 0.1) is 49.8 Å². The van der Waals surface area contributed by atoms with Gasteiger partial charge in [0.1, 0.15) is 72.2 Å². The first-order chi connectivity index (χ1) is 63.1. The standard InChI is InChI=1S/C88H114N22O21S/c1-6-8-22-67-84(127)96-48(4)78(121)103-66(80(123)93-41-73(90)116)44-132-45-74(117)97-62(32-49-25-27-55(112)28-26-49)81(124)95-47(3)77(120)101-64(38-75(118)119)87(130)108-31-15-24-68(108)85(128)100-63(36-54-40-91-46-94-54)82(125)98-60(29-30-72(89)115)86(129)109-42-56(113)37-70(109)71(114)35-52(33-53-39-92-59-21-13-12-20-58(53)59)79(122)102-65(43-111)83(126)99-61(34-51-18-14-17-50-16-10-11-19-57(50)51)76-104-105-106-110(76)69(23-9-7-2)88(131)107(67)5/h10-14,16-21,25-28,39-40,46-48,52,56,60-70,92,111-113H,6-9,15,22-24,29-38,41-45H2,1-5H3,(H2,89,115)(H2,90,116)(H,91,94)(H,93,123)(H,95,124)(H,96,127)(H,97,117)(H,98,125)(H,99,126)(H,100,128)(H,101,120)(H,102,122)(H,103,121)(H,118,119)/t47-,48+,52-,56-,60+,61+,62+,63+,64+,65+,66+,67+,68+,69+,70+/m1/s1. The highest BCUT2D eigenvalue weighted by Gasteiger charge is 2.46. The molecular formula is C88H114N22O21S. The number of aromatic amines is 2. The quantitative estimate of drug-likeness (QED) is 0.0334. The number of hydrogen-bond donors (Lipinski definition) is 18. The van der Waals surface area contributed by atoms with Crippen LogP contribution < -0.4 is 64.6 Å². The number of nitrogens with zero attached hydrogens (tertiary/aromatic N) is 8. The largest absolute Gasteiger partial charge is 0.508 e. The lowest BCUT2D eigenvalue weighted by Crippen LogP contribution is -2.60. The summed E-state index contributed by atoms with van der Waals surface area (Å²) in [7, 11) is 1.38. The van der Waals surface area contributed by atoms with E-state index in [1.54, 1.807) is 48.7 Å². The number of unbranched alkanes of at least 4 members (excludes halogenated alkanes) is 2. The Bertz CT molecular complexity index is 5320. The smallest absolute Gasteiger partial charge is 0.305 e. The van der Waals surface area contributed by atoms with Gasteiger partial charge in [-0.15, -0.1) is 16.9 Å². The van der Waals surface area contributed by atoms with Crippen molar-refractivity contribution in [3.63, 3.8) is 0 Å². The normalized spacial score (nSPS) is 24.8. The number of Topliss-reactive ketones (excluding diaryl/α,β-unsaturated/α-hetero) is 1. The molecule has 2 saturated heterocycles. The van der Waals surface area contributed by atoms with E-state index in [0.29, 0.717) is 53.3 Å². The Kier molecular flexibility index (Phi) is 36.3. The number of imidazole rings is 1. The molecule has 10 rings (SSSR count). The van der Waals surface area contributed by atoms with Crippen LogP contribution in [0, 0.1) is 5.92 Å². The number of carboxylic acids is 1. The molecule has 3 aliphatic heterocycles. The highest BCUT2D eigenvalue weighted by molar-refractivity contribution is 8.00. The molecule has 0 aliphatic carbocycles. The zero-order valence-corrected chi connectivity index (χ0v) is 74.5. The number of carbonyl (C=O) groups excluding carboxylic acids is 16. The van der Waals surface area contributed by atoms with Crippen LogP contribution in [-0.2, 0) is 107 Å². The topological polar surface area (TPSA) is 641 Å². The van der Waals surface area contributed by atoms with Crippen molar-refractivity contribution in [3.05, 3.63) is 138 Å². The number of tetrazole rings is 1. The summed E-state index contributed by atoms with van der Waals surface area (Å²) in [4.78, 5) is 258. The number of phenolic OH excluding ortho intramolecular Hbond substituents is 1. The second-order valence-corrected chi connectivity index (χ2v) is 34.2. The number of ketones is 1. The Labute approximate surface area is 762 Å². The number of para-hydroxylation sites is 1. The van der Waals surface area contributed by atoms with E-state index in [0.717, 1.165) is 32.3 Å². The van der Waals surface area contributed by atoms with Crippen LogP contribution in [0.15, 0.2) is 110 Å². The SMILES string of the molecule is CCCC[C@H]1C(=O)N[C@@H](C)C(=O)N[C@H](C(=O)NCC(N)=O)CSCC(=O)N[C@@H](Cc2ccc(O)cc2)C(=O)N[C@H](C)C(=O)N[C@@H](CC(=O)O)C(=O)N2CCC[C@H]2C(=O)N[C@@H](Cc2cnc[nH]2)C(=O)N[C@@H](CCC(N)=O)C(=O)N2C[C@H](O)C[C@H]2C(=O)C[C@@H](Cc2c[nH]c3ccccc23)C(=O)N[C@@H](CO)C(=O)N[C@@H](Cc2cccc3ccccc23)c2nnnn2[C@@H](CCCC)C(=O)N1C. The number of nitrogens with two attached hydrogens (primary N) is 2. The molecule has 0 saturated carbocycles. The molecule has 0 radical (unpaired) electrons. The van der Waals surface area contributed by atoms with Crippen molar-refractivity contribution in [1.29, 1.82) is 0 Å². The van der Waals surface area contributed by atoms with Crippen LogP contribution >= 0.6 is 11.8 Å². The second-order valence-electron chi connectivity index (χ2n) is 33.2. The lowest BCUT2D eigenvalue weighted by molar-refractivity contribution is -0.146. The summed E-state index contributed by atoms with van der Waals surface area (Å²) in [6, 6.07) is 5.03. The minimum absolute atomic E-state index is 0.0345. The van der Waals surface area contributed by atoms with Crippen molar-refractivity contribution in [1.82, 2.24) is 103 Å². The second kappa shape index (κ2) is 47.7. The van der Waals surface area contributed by atoms with Gasteiger partial charge < -0.3 is 110 Å². The molecule has 2 fully saturated rings. The maximum Gasteiger partial charge on any atom is 0.305 e. The number of rotatable bonds is 23. The number of benzene rings is 4. The van der Waals surface area contributed by atoms with Crippen molar-refractivity contribution >= 4 is 134 Å². The fourth-order valence-corrected chi connectivity index (χ4v) is 17.2. The summed E-state index contributed by atoms with van der Waals surface area (Å²) < 4.78 is 1.23. The molecule has 3 aliphatic rings. The van der Waals surface area contributed by atoms with Crippen LogP contribution in [0.4, 0.5) is 0 Å². The molecule has 6 heterocycles. The van der Waals surface area contributed by atoms with Crippen LogP contribution in [0.1, 0.15) is 151 Å². The number of fused-ring (bicyclic) bond motifs is 5. The zero-order chi connectivity index (χ0) is 95.6. The molecule has 708 valence electrons. The summed E-state index contributed by atoms with van der Waals surface area (Å²) >= 11 is 0.763. The number of likely N-dealkylation sites (N-methyl/N-ethyl adjacent to an activating group) is 1. The van der Waals surface area contributed by atoms with Crippen molar-refractivity contribution < 1.29 is 102 Å². The van der Waals surface area contributed by atoms with Crippen molar-refractivity contribution in [2.45, 2.75) is 221 Å². The maximum atomic E-state index is 15.6. The molecule has 7 aromatic rings. The molecule has 0 bridgehead atoms. The number of amides is 15. The predicted molar refractivity (Wildman–Crippen MR) is 475 cm³/mol. The molecule has 15 amide bonds. The molecule has 4 aromatic carbocycles. The number of aliphatic carboxylic acids is 1. The third-order valence-electron chi connectivity index (χ3n) is 23.4. The maximum absolute atomic E-state index is 15.6. The number of phenols is 1. The average molecular weight is 1850 g/mol. The van der Waals surface area contributed by atoms with E-state index in [9.17, 15) is 73.2 Å². The van der Waals surface area contributed by atoms with Crippen molar-refractivity contribution in [2.24, 2.45) is 17.4 Å². The lowest BCUT2D eigenvalue weighted by atomic mass is 9.90. The van der Waals surface area contributed by atoms with E-state index in [4.69, 9.17) is 11.5 Å². The highest BCUT2D eigenvalue weighted by Crippen LogP contribution is 2.32. The number of carbonyl (C=O) groups is 17.